The van der Waals surface area contributed by atoms with Crippen molar-refractivity contribution in [3.63, 3.8) is 0 Å². The van der Waals surface area contributed by atoms with Gasteiger partial charge in [0.15, 0.2) is 5.65 Å². The molecule has 0 spiro atoms. The molecule has 0 N–H and O–H groups in total. The first-order chi connectivity index (χ1) is 9.74. The van der Waals surface area contributed by atoms with Gasteiger partial charge in [-0.25, -0.2) is 9.67 Å². The lowest BCUT2D eigenvalue weighted by atomic mass is 10.2. The van der Waals surface area contributed by atoms with Gasteiger partial charge in [-0.15, -0.1) is 0 Å². The smallest absolute Gasteiger partial charge is 0.164 e. The van der Waals surface area contributed by atoms with Gasteiger partial charge < -0.3 is 0 Å². The third-order valence-corrected chi connectivity index (χ3v) is 4.32. The molecule has 0 aliphatic carbocycles. The van der Waals surface area contributed by atoms with E-state index in [2.05, 4.69) is 15.5 Å². The van der Waals surface area contributed by atoms with E-state index in [4.69, 9.17) is 4.98 Å². The Hall–Kier alpha value is -2.27. The predicted molar refractivity (Wildman–Crippen MR) is 81.5 cm³/mol. The van der Waals surface area contributed by atoms with E-state index in [1.54, 1.807) is 0 Å². The highest BCUT2D eigenvalue weighted by Crippen LogP contribution is 2.27. The van der Waals surface area contributed by atoms with Crippen molar-refractivity contribution in [1.82, 2.24) is 19.1 Å². The molecule has 0 saturated carbocycles. The maximum absolute atomic E-state index is 4.75. The summed E-state index contributed by atoms with van der Waals surface area (Å²) >= 11 is 1.44. The Bertz CT molecular complexity index is 921. The summed E-state index contributed by atoms with van der Waals surface area (Å²) in [5.74, 6) is 0. The molecule has 3 heterocycles. The van der Waals surface area contributed by atoms with Gasteiger partial charge in [-0.3, -0.25) is 0 Å². The van der Waals surface area contributed by atoms with Gasteiger partial charge in [-0.1, -0.05) is 18.2 Å². The Kier molecular flexibility index (Phi) is 2.37. The van der Waals surface area contributed by atoms with Crippen LogP contribution in [0, 0.1) is 13.8 Å². The minimum absolute atomic E-state index is 0.893. The van der Waals surface area contributed by atoms with E-state index in [1.807, 2.05) is 48.9 Å². The van der Waals surface area contributed by atoms with Gasteiger partial charge >= 0.3 is 0 Å². The summed E-state index contributed by atoms with van der Waals surface area (Å²) in [5, 5.41) is 6.84. The average Bonchev–Trinajstić information content (AvgIpc) is 3.00. The molecule has 0 amide bonds. The highest BCUT2D eigenvalue weighted by molar-refractivity contribution is 7.13. The Balaban J connectivity index is 2.10. The van der Waals surface area contributed by atoms with Gasteiger partial charge in [-0.05, 0) is 43.6 Å². The molecule has 0 saturated heterocycles. The summed E-state index contributed by atoms with van der Waals surface area (Å²) in [7, 11) is 0. The number of hydrogen-bond acceptors (Lipinski definition) is 4. The second-order valence-corrected chi connectivity index (χ2v) is 5.56. The molecule has 0 atom stereocenters. The Labute approximate surface area is 119 Å². The number of aryl methyl sites for hydroxylation is 2. The summed E-state index contributed by atoms with van der Waals surface area (Å²) in [6.45, 7) is 4.04. The molecule has 0 unspecified atom stereocenters. The van der Waals surface area contributed by atoms with Crippen molar-refractivity contribution in [2.45, 2.75) is 13.8 Å². The molecule has 5 heteroatoms. The monoisotopic (exact) mass is 280 g/mol. The fourth-order valence-corrected chi connectivity index (χ4v) is 3.16. The van der Waals surface area contributed by atoms with E-state index in [1.165, 1.54) is 11.5 Å². The van der Waals surface area contributed by atoms with Crippen molar-refractivity contribution in [1.29, 1.82) is 0 Å². The molecule has 0 bridgehead atoms. The Morgan fingerprint density at radius 3 is 2.60 bits per heavy atom. The number of benzene rings is 1. The number of aromatic nitrogens is 4. The summed E-state index contributed by atoms with van der Waals surface area (Å²) in [4.78, 5) is 5.72. The van der Waals surface area contributed by atoms with Crippen LogP contribution in [-0.4, -0.2) is 19.1 Å². The largest absolute Gasteiger partial charge is 0.215 e. The fraction of sp³-hybridized carbons (Fsp3) is 0.133. The second-order valence-electron chi connectivity index (χ2n) is 4.81. The normalized spacial score (nSPS) is 11.5. The van der Waals surface area contributed by atoms with Gasteiger partial charge in [0, 0.05) is 10.8 Å². The van der Waals surface area contributed by atoms with Gasteiger partial charge in [0.2, 0.25) is 0 Å². The highest BCUT2D eigenvalue weighted by atomic mass is 32.1. The summed E-state index contributed by atoms with van der Waals surface area (Å²) in [6, 6.07) is 12.2. The SMILES string of the molecule is Cc1nsc2nc3c(cc12)c(C)nn3-c1ccccc1. The number of fused-ring (bicyclic) bond motifs is 2. The quantitative estimate of drug-likeness (QED) is 0.534. The molecule has 4 rings (SSSR count). The van der Waals surface area contributed by atoms with E-state index in [0.29, 0.717) is 0 Å². The third-order valence-electron chi connectivity index (χ3n) is 3.47. The molecule has 3 aromatic heterocycles. The summed E-state index contributed by atoms with van der Waals surface area (Å²) in [5.41, 5.74) is 3.94. The van der Waals surface area contributed by atoms with E-state index < -0.39 is 0 Å². The highest BCUT2D eigenvalue weighted by Gasteiger charge is 2.13. The van der Waals surface area contributed by atoms with Gasteiger partial charge in [0.05, 0.1) is 17.1 Å². The van der Waals surface area contributed by atoms with Crippen molar-refractivity contribution in [2.75, 3.05) is 0 Å². The molecule has 4 aromatic rings. The van der Waals surface area contributed by atoms with Crippen LogP contribution < -0.4 is 0 Å². The Morgan fingerprint density at radius 1 is 1.00 bits per heavy atom. The van der Waals surface area contributed by atoms with E-state index in [0.717, 1.165) is 38.3 Å². The zero-order valence-electron chi connectivity index (χ0n) is 11.2. The van der Waals surface area contributed by atoms with Crippen LogP contribution >= 0.6 is 11.5 Å². The molecule has 20 heavy (non-hydrogen) atoms. The van der Waals surface area contributed by atoms with Crippen molar-refractivity contribution in [3.05, 3.63) is 47.8 Å². The maximum Gasteiger partial charge on any atom is 0.164 e. The molecule has 1 aromatic carbocycles. The molecule has 0 aliphatic heterocycles. The minimum Gasteiger partial charge on any atom is -0.215 e. The lowest BCUT2D eigenvalue weighted by Gasteiger charge is -2.01. The molecular formula is C15H12N4S. The topological polar surface area (TPSA) is 43.6 Å². The van der Waals surface area contributed by atoms with Crippen LogP contribution in [0.1, 0.15) is 11.4 Å². The number of nitrogens with zero attached hydrogens (tertiary/aromatic N) is 4. The summed E-state index contributed by atoms with van der Waals surface area (Å²) in [6.07, 6.45) is 0. The standard InChI is InChI=1S/C15H12N4S/c1-9-12-8-13-10(2)18-20-15(13)16-14(12)19(17-9)11-6-4-3-5-7-11/h3-8H,1-2H3. The first kappa shape index (κ1) is 11.5. The molecule has 98 valence electrons. The Morgan fingerprint density at radius 2 is 1.80 bits per heavy atom. The molecular weight excluding hydrogens is 268 g/mol. The zero-order chi connectivity index (χ0) is 13.7. The van der Waals surface area contributed by atoms with Crippen LogP contribution in [0.4, 0.5) is 0 Å². The average molecular weight is 280 g/mol. The van der Waals surface area contributed by atoms with E-state index in [-0.39, 0.29) is 0 Å². The second kappa shape index (κ2) is 4.11. The lowest BCUT2D eigenvalue weighted by Crippen LogP contribution is -1.97. The van der Waals surface area contributed by atoms with Crippen LogP contribution in [0.2, 0.25) is 0 Å². The zero-order valence-corrected chi connectivity index (χ0v) is 12.0. The summed E-state index contributed by atoms with van der Waals surface area (Å²) < 4.78 is 6.28. The van der Waals surface area contributed by atoms with Crippen molar-refractivity contribution in [3.8, 4) is 5.69 Å². The molecule has 4 nitrogen and oxygen atoms in total. The van der Waals surface area contributed by atoms with Crippen LogP contribution in [0.3, 0.4) is 0 Å². The number of rotatable bonds is 1. The van der Waals surface area contributed by atoms with Gasteiger partial charge in [-0.2, -0.15) is 9.47 Å². The molecule has 0 radical (unpaired) electrons. The van der Waals surface area contributed by atoms with Crippen molar-refractivity contribution >= 4 is 32.8 Å². The van der Waals surface area contributed by atoms with Gasteiger partial charge in [0.25, 0.3) is 0 Å². The lowest BCUT2D eigenvalue weighted by molar-refractivity contribution is 0.879. The maximum atomic E-state index is 4.75. The number of para-hydroxylation sites is 1. The number of hydrogen-bond donors (Lipinski definition) is 0. The third kappa shape index (κ3) is 1.56. The first-order valence-electron chi connectivity index (χ1n) is 6.42. The van der Waals surface area contributed by atoms with Crippen LogP contribution in [0.15, 0.2) is 36.4 Å². The minimum atomic E-state index is 0.893. The molecule has 0 aliphatic rings. The van der Waals surface area contributed by atoms with Crippen LogP contribution in [0.25, 0.3) is 26.9 Å². The van der Waals surface area contributed by atoms with E-state index >= 15 is 0 Å². The molecule has 0 fully saturated rings. The van der Waals surface area contributed by atoms with Crippen LogP contribution in [-0.2, 0) is 0 Å². The number of pyridine rings is 1. The van der Waals surface area contributed by atoms with Crippen molar-refractivity contribution in [2.24, 2.45) is 0 Å². The first-order valence-corrected chi connectivity index (χ1v) is 7.19. The van der Waals surface area contributed by atoms with Crippen LogP contribution in [0.5, 0.6) is 0 Å². The van der Waals surface area contributed by atoms with E-state index in [9.17, 15) is 0 Å². The predicted octanol–water partition coefficient (Wildman–Crippen LogP) is 3.65. The fourth-order valence-electron chi connectivity index (χ4n) is 2.41. The van der Waals surface area contributed by atoms with Crippen molar-refractivity contribution < 1.29 is 0 Å². The van der Waals surface area contributed by atoms with Gasteiger partial charge in [0.1, 0.15) is 4.83 Å².